The summed E-state index contributed by atoms with van der Waals surface area (Å²) in [6.45, 7) is 2.99. The molecule has 0 saturated carbocycles. The first-order valence-electron chi connectivity index (χ1n) is 6.63. The summed E-state index contributed by atoms with van der Waals surface area (Å²) in [4.78, 5) is 0. The molecule has 1 aromatic heterocycles. The zero-order valence-corrected chi connectivity index (χ0v) is 12.4. The first-order valence-corrected chi connectivity index (χ1v) is 7.01. The second kappa shape index (κ2) is 6.81. The third kappa shape index (κ3) is 3.55. The second-order valence-corrected chi connectivity index (χ2v) is 5.14. The Morgan fingerprint density at radius 3 is 2.85 bits per heavy atom. The van der Waals surface area contributed by atoms with Crippen LogP contribution in [0.2, 0.25) is 5.02 Å². The van der Waals surface area contributed by atoms with E-state index in [-0.39, 0.29) is 11.9 Å². The summed E-state index contributed by atoms with van der Waals surface area (Å²) in [5.74, 6) is -0.320. The molecule has 2 aromatic rings. The molecule has 0 saturated heterocycles. The third-order valence-electron chi connectivity index (χ3n) is 3.19. The minimum absolute atomic E-state index is 0.0536. The van der Waals surface area contributed by atoms with E-state index in [9.17, 15) is 4.39 Å². The van der Waals surface area contributed by atoms with Gasteiger partial charge in [-0.2, -0.15) is 0 Å². The highest BCUT2D eigenvalue weighted by atomic mass is 35.5. The molecule has 1 aromatic carbocycles. The fraction of sp³-hybridized carbons (Fsp3) is 0.429. The van der Waals surface area contributed by atoms with Crippen LogP contribution in [0, 0.1) is 5.82 Å². The molecule has 1 heterocycles. The van der Waals surface area contributed by atoms with Crippen molar-refractivity contribution in [3.63, 3.8) is 0 Å². The molecule has 0 aliphatic rings. The van der Waals surface area contributed by atoms with E-state index < -0.39 is 0 Å². The van der Waals surface area contributed by atoms with E-state index in [0.717, 1.165) is 24.2 Å². The van der Waals surface area contributed by atoms with Crippen LogP contribution in [0.15, 0.2) is 24.4 Å². The van der Waals surface area contributed by atoms with Crippen LogP contribution in [0.5, 0.6) is 0 Å². The molecule has 1 atom stereocenters. The fourth-order valence-corrected chi connectivity index (χ4v) is 2.36. The number of halogens is 2. The number of aryl methyl sites for hydroxylation is 1. The predicted molar refractivity (Wildman–Crippen MR) is 77.2 cm³/mol. The minimum Gasteiger partial charge on any atom is -0.308 e. The van der Waals surface area contributed by atoms with Crippen molar-refractivity contribution in [3.8, 4) is 0 Å². The molecule has 0 bridgehead atoms. The summed E-state index contributed by atoms with van der Waals surface area (Å²) in [7, 11) is 1.86. The number of nitrogens with zero attached hydrogens (tertiary/aromatic N) is 3. The zero-order valence-electron chi connectivity index (χ0n) is 11.6. The van der Waals surface area contributed by atoms with Gasteiger partial charge in [-0.25, -0.2) is 4.39 Å². The van der Waals surface area contributed by atoms with Crippen molar-refractivity contribution in [2.75, 3.05) is 6.54 Å². The Morgan fingerprint density at radius 2 is 2.25 bits per heavy atom. The molecule has 6 heteroatoms. The summed E-state index contributed by atoms with van der Waals surface area (Å²) in [6.07, 6.45) is 3.43. The molecule has 0 radical (unpaired) electrons. The van der Waals surface area contributed by atoms with Gasteiger partial charge in [-0.1, -0.05) is 29.8 Å². The molecule has 20 heavy (non-hydrogen) atoms. The first-order chi connectivity index (χ1) is 9.61. The third-order valence-corrected chi connectivity index (χ3v) is 3.54. The lowest BCUT2D eigenvalue weighted by atomic mass is 10.0. The minimum atomic E-state index is -0.320. The van der Waals surface area contributed by atoms with Gasteiger partial charge >= 0.3 is 0 Å². The molecular weight excluding hydrogens is 279 g/mol. The van der Waals surface area contributed by atoms with Crippen molar-refractivity contribution in [3.05, 3.63) is 46.5 Å². The largest absolute Gasteiger partial charge is 0.308 e. The van der Waals surface area contributed by atoms with Gasteiger partial charge in [0, 0.05) is 12.1 Å². The average molecular weight is 297 g/mol. The molecule has 1 N–H and O–H groups in total. The van der Waals surface area contributed by atoms with E-state index in [1.807, 2.05) is 7.05 Å². The van der Waals surface area contributed by atoms with Gasteiger partial charge in [0.2, 0.25) is 0 Å². The fourth-order valence-electron chi connectivity index (χ4n) is 2.12. The molecule has 108 valence electrons. The first kappa shape index (κ1) is 14.9. The van der Waals surface area contributed by atoms with Crippen molar-refractivity contribution in [2.24, 2.45) is 7.05 Å². The van der Waals surface area contributed by atoms with E-state index in [4.69, 9.17) is 11.6 Å². The van der Waals surface area contributed by atoms with E-state index in [1.54, 1.807) is 16.9 Å². The van der Waals surface area contributed by atoms with Crippen LogP contribution in [0.25, 0.3) is 0 Å². The van der Waals surface area contributed by atoms with Gasteiger partial charge in [0.15, 0.2) is 0 Å². The molecule has 0 aliphatic heterocycles. The normalized spacial score (nSPS) is 12.6. The Kier molecular flexibility index (Phi) is 5.09. The van der Waals surface area contributed by atoms with Crippen LogP contribution in [-0.2, 0) is 13.5 Å². The summed E-state index contributed by atoms with van der Waals surface area (Å²) in [6, 6.07) is 4.55. The highest BCUT2D eigenvalue weighted by molar-refractivity contribution is 6.31. The quantitative estimate of drug-likeness (QED) is 0.891. The number of benzene rings is 1. The van der Waals surface area contributed by atoms with Crippen LogP contribution in [0.4, 0.5) is 4.39 Å². The molecule has 0 spiro atoms. The van der Waals surface area contributed by atoms with E-state index >= 15 is 0 Å². The Bertz CT molecular complexity index is 570. The van der Waals surface area contributed by atoms with Gasteiger partial charge in [0.05, 0.1) is 17.9 Å². The van der Waals surface area contributed by atoms with E-state index in [0.29, 0.717) is 11.4 Å². The van der Waals surface area contributed by atoms with Crippen molar-refractivity contribution < 1.29 is 4.39 Å². The Morgan fingerprint density at radius 1 is 1.45 bits per heavy atom. The van der Waals surface area contributed by atoms with Gasteiger partial charge in [-0.05, 0) is 37.1 Å². The van der Waals surface area contributed by atoms with Gasteiger partial charge in [0.1, 0.15) is 5.82 Å². The van der Waals surface area contributed by atoms with Crippen molar-refractivity contribution >= 4 is 11.6 Å². The summed E-state index contributed by atoms with van der Waals surface area (Å²) in [5.41, 5.74) is 1.89. The lowest BCUT2D eigenvalue weighted by Crippen LogP contribution is -2.26. The molecule has 0 fully saturated rings. The summed E-state index contributed by atoms with van der Waals surface area (Å²) < 4.78 is 14.8. The Labute approximate surface area is 122 Å². The van der Waals surface area contributed by atoms with E-state index in [1.165, 1.54) is 12.1 Å². The summed E-state index contributed by atoms with van der Waals surface area (Å²) in [5, 5.41) is 11.8. The SMILES string of the molecule is CCCNC(Cc1ccc(F)cc1Cl)c1cnnn1C. The molecule has 2 rings (SSSR count). The summed E-state index contributed by atoms with van der Waals surface area (Å²) >= 11 is 6.10. The monoisotopic (exact) mass is 296 g/mol. The number of hydrogen-bond acceptors (Lipinski definition) is 3. The van der Waals surface area contributed by atoms with Gasteiger partial charge in [-0.3, -0.25) is 4.68 Å². The Hall–Kier alpha value is -1.46. The highest BCUT2D eigenvalue weighted by Crippen LogP contribution is 2.23. The van der Waals surface area contributed by atoms with Crippen LogP contribution in [-0.4, -0.2) is 21.5 Å². The Balaban J connectivity index is 2.21. The maximum absolute atomic E-state index is 13.1. The van der Waals surface area contributed by atoms with Crippen molar-refractivity contribution in [1.82, 2.24) is 20.3 Å². The van der Waals surface area contributed by atoms with Crippen LogP contribution in [0.3, 0.4) is 0 Å². The molecule has 4 nitrogen and oxygen atoms in total. The smallest absolute Gasteiger partial charge is 0.124 e. The molecule has 1 unspecified atom stereocenters. The molecule has 0 aliphatic carbocycles. The number of nitrogens with one attached hydrogen (secondary N) is 1. The van der Waals surface area contributed by atoms with Crippen molar-refractivity contribution in [2.45, 2.75) is 25.8 Å². The maximum atomic E-state index is 13.1. The van der Waals surface area contributed by atoms with Gasteiger partial charge in [0.25, 0.3) is 0 Å². The van der Waals surface area contributed by atoms with Gasteiger partial charge in [-0.15, -0.1) is 5.10 Å². The molecular formula is C14H18ClFN4. The average Bonchev–Trinajstić information content (AvgIpc) is 2.83. The van der Waals surface area contributed by atoms with E-state index in [2.05, 4.69) is 22.6 Å². The van der Waals surface area contributed by atoms with Crippen LogP contribution >= 0.6 is 11.6 Å². The van der Waals surface area contributed by atoms with Crippen LogP contribution in [0.1, 0.15) is 30.6 Å². The lowest BCUT2D eigenvalue weighted by molar-refractivity contribution is 0.492. The van der Waals surface area contributed by atoms with Crippen molar-refractivity contribution in [1.29, 1.82) is 0 Å². The zero-order chi connectivity index (χ0) is 14.5. The lowest BCUT2D eigenvalue weighted by Gasteiger charge is -2.19. The maximum Gasteiger partial charge on any atom is 0.124 e. The highest BCUT2D eigenvalue weighted by Gasteiger charge is 2.17. The number of aromatic nitrogens is 3. The predicted octanol–water partition coefficient (Wildman–Crippen LogP) is 2.89. The molecule has 0 amide bonds. The topological polar surface area (TPSA) is 42.7 Å². The standard InChI is InChI=1S/C14H18ClFN4/c1-3-6-17-13(14-9-18-19-20(14)2)7-10-4-5-11(16)8-12(10)15/h4-5,8-9,13,17H,3,6-7H2,1-2H3. The van der Waals surface area contributed by atoms with Gasteiger partial charge < -0.3 is 5.32 Å². The van der Waals surface area contributed by atoms with Crippen LogP contribution < -0.4 is 5.32 Å². The second-order valence-electron chi connectivity index (χ2n) is 4.73. The number of hydrogen-bond donors (Lipinski definition) is 1. The number of rotatable bonds is 6.